The van der Waals surface area contributed by atoms with Gasteiger partial charge in [0.05, 0.1) is 13.2 Å². The van der Waals surface area contributed by atoms with Crippen molar-refractivity contribution in [1.82, 2.24) is 0 Å². The van der Waals surface area contributed by atoms with Crippen LogP contribution in [0.2, 0.25) is 0 Å². The van der Waals surface area contributed by atoms with Crippen LogP contribution in [0.4, 0.5) is 0 Å². The smallest absolute Gasteiger partial charge is 0.104 e. The summed E-state index contributed by atoms with van der Waals surface area (Å²) in [5, 5.41) is 9.58. The Hall–Kier alpha value is -1.16. The van der Waals surface area contributed by atoms with Gasteiger partial charge in [-0.25, -0.2) is 0 Å². The molecule has 0 aliphatic rings. The van der Waals surface area contributed by atoms with Gasteiger partial charge in [-0.1, -0.05) is 140 Å². The van der Waals surface area contributed by atoms with Crippen molar-refractivity contribution in [3.63, 3.8) is 0 Å². The van der Waals surface area contributed by atoms with E-state index in [1.807, 2.05) is 0 Å². The van der Waals surface area contributed by atoms with Crippen LogP contribution >= 0.6 is 0 Å². The minimum absolute atomic E-state index is 0.0475. The van der Waals surface area contributed by atoms with Gasteiger partial charge in [0, 0.05) is 13.2 Å². The van der Waals surface area contributed by atoms with Crippen LogP contribution in [0.15, 0.2) is 48.6 Å². The molecule has 0 aromatic heterocycles. The van der Waals surface area contributed by atoms with E-state index in [0.717, 1.165) is 38.9 Å². The summed E-state index contributed by atoms with van der Waals surface area (Å²) >= 11 is 0. The summed E-state index contributed by atoms with van der Waals surface area (Å²) in [6.45, 7) is 6.58. The Morgan fingerprint density at radius 2 is 0.833 bits per heavy atom. The molecule has 3 nitrogen and oxygen atoms in total. The molecule has 0 fully saturated rings. The quantitative estimate of drug-likeness (QED) is 0.0600. The number of allylic oxidation sites excluding steroid dienone is 8. The molecule has 0 radical (unpaired) electrons. The zero-order valence-electron chi connectivity index (χ0n) is 28.3. The lowest BCUT2D eigenvalue weighted by Gasteiger charge is -2.15. The molecule has 1 N–H and O–H groups in total. The summed E-state index contributed by atoms with van der Waals surface area (Å²) in [5.41, 5.74) is 0. The maximum atomic E-state index is 9.58. The van der Waals surface area contributed by atoms with Crippen LogP contribution < -0.4 is 0 Å². The SMILES string of the molecule is CCCCCC=CCC=CCCCCCCCCOCC(CO)OCCCCCCCCC=CCC=CCCCCC. The van der Waals surface area contributed by atoms with Crippen LogP contribution in [0.3, 0.4) is 0 Å². The maximum absolute atomic E-state index is 9.58. The van der Waals surface area contributed by atoms with Crippen molar-refractivity contribution in [3.05, 3.63) is 48.6 Å². The highest BCUT2D eigenvalue weighted by atomic mass is 16.5. The third kappa shape index (κ3) is 35.0. The van der Waals surface area contributed by atoms with Crippen LogP contribution in [-0.2, 0) is 9.47 Å². The van der Waals surface area contributed by atoms with Crippen molar-refractivity contribution in [2.75, 3.05) is 26.4 Å². The predicted octanol–water partition coefficient (Wildman–Crippen LogP) is 12.0. The molecule has 0 aliphatic carbocycles. The van der Waals surface area contributed by atoms with Gasteiger partial charge < -0.3 is 14.6 Å². The highest BCUT2D eigenvalue weighted by molar-refractivity contribution is 4.93. The summed E-state index contributed by atoms with van der Waals surface area (Å²) in [6.07, 6.45) is 48.5. The van der Waals surface area contributed by atoms with Gasteiger partial charge in [-0.2, -0.15) is 0 Å². The molecule has 1 unspecified atom stereocenters. The van der Waals surface area contributed by atoms with Crippen LogP contribution in [0.1, 0.15) is 168 Å². The molecule has 246 valence electrons. The van der Waals surface area contributed by atoms with E-state index in [-0.39, 0.29) is 12.7 Å². The molecule has 42 heavy (non-hydrogen) atoms. The van der Waals surface area contributed by atoms with Crippen LogP contribution in [0.5, 0.6) is 0 Å². The van der Waals surface area contributed by atoms with Gasteiger partial charge in [-0.3, -0.25) is 0 Å². The summed E-state index contributed by atoms with van der Waals surface area (Å²) < 4.78 is 11.6. The lowest BCUT2D eigenvalue weighted by atomic mass is 10.1. The Balaban J connectivity index is 3.38. The summed E-state index contributed by atoms with van der Waals surface area (Å²) in [4.78, 5) is 0. The standard InChI is InChI=1S/C39H72O3/c1-3-5-7-9-11-13-15-17-19-21-23-25-27-29-31-33-35-41-38-39(37-40)42-36-34-32-30-28-26-24-22-20-18-16-14-12-10-8-6-4-2/h11-14,17-20,39-40H,3-10,15-16,21-38H2,1-2H3. The number of unbranched alkanes of at least 4 members (excludes halogenated alkanes) is 18. The molecule has 0 amide bonds. The average molecular weight is 589 g/mol. The molecule has 3 heteroatoms. The Morgan fingerprint density at radius 3 is 1.26 bits per heavy atom. The van der Waals surface area contributed by atoms with Crippen molar-refractivity contribution < 1.29 is 14.6 Å². The number of ether oxygens (including phenoxy) is 2. The van der Waals surface area contributed by atoms with E-state index >= 15 is 0 Å². The van der Waals surface area contributed by atoms with Crippen molar-refractivity contribution in [2.24, 2.45) is 0 Å². The van der Waals surface area contributed by atoms with Crippen molar-refractivity contribution in [2.45, 2.75) is 174 Å². The summed E-state index contributed by atoms with van der Waals surface area (Å²) in [7, 11) is 0. The molecule has 1 atom stereocenters. The zero-order valence-corrected chi connectivity index (χ0v) is 28.3. The monoisotopic (exact) mass is 589 g/mol. The Morgan fingerprint density at radius 1 is 0.452 bits per heavy atom. The van der Waals surface area contributed by atoms with Crippen molar-refractivity contribution in [3.8, 4) is 0 Å². The molecule has 0 spiro atoms. The van der Waals surface area contributed by atoms with Gasteiger partial charge in [-0.05, 0) is 77.0 Å². The summed E-state index contributed by atoms with van der Waals surface area (Å²) in [5.74, 6) is 0. The zero-order chi connectivity index (χ0) is 30.4. The highest BCUT2D eigenvalue weighted by Crippen LogP contribution is 2.10. The average Bonchev–Trinajstić information content (AvgIpc) is 3.00. The molecule has 0 saturated heterocycles. The fourth-order valence-corrected chi connectivity index (χ4v) is 4.90. The Bertz CT molecular complexity index is 607. The first kappa shape index (κ1) is 40.8. The lowest BCUT2D eigenvalue weighted by molar-refractivity contribution is -0.0437. The number of hydrogen-bond acceptors (Lipinski definition) is 3. The van der Waals surface area contributed by atoms with Crippen molar-refractivity contribution >= 4 is 0 Å². The van der Waals surface area contributed by atoms with E-state index in [9.17, 15) is 5.11 Å². The molecular weight excluding hydrogens is 516 g/mol. The first-order valence-electron chi connectivity index (χ1n) is 18.2. The fraction of sp³-hybridized carbons (Fsp3) is 0.795. The molecule has 0 bridgehead atoms. The van der Waals surface area contributed by atoms with Gasteiger partial charge in [0.2, 0.25) is 0 Å². The van der Waals surface area contributed by atoms with Gasteiger partial charge in [0.1, 0.15) is 6.10 Å². The minimum atomic E-state index is -0.174. The molecular formula is C39H72O3. The normalized spacial score (nSPS) is 13.1. The lowest BCUT2D eigenvalue weighted by Crippen LogP contribution is -2.24. The molecule has 0 saturated carbocycles. The first-order valence-corrected chi connectivity index (χ1v) is 18.2. The molecule has 0 rings (SSSR count). The van der Waals surface area contributed by atoms with Crippen LogP contribution in [0.25, 0.3) is 0 Å². The van der Waals surface area contributed by atoms with E-state index in [0.29, 0.717) is 6.61 Å². The predicted molar refractivity (Wildman–Crippen MR) is 186 cm³/mol. The van der Waals surface area contributed by atoms with Gasteiger partial charge >= 0.3 is 0 Å². The minimum Gasteiger partial charge on any atom is -0.394 e. The maximum Gasteiger partial charge on any atom is 0.104 e. The molecule has 0 aromatic rings. The van der Waals surface area contributed by atoms with E-state index in [1.54, 1.807) is 0 Å². The van der Waals surface area contributed by atoms with E-state index in [2.05, 4.69) is 62.5 Å². The largest absolute Gasteiger partial charge is 0.394 e. The molecule has 0 aliphatic heterocycles. The van der Waals surface area contributed by atoms with Crippen LogP contribution in [-0.4, -0.2) is 37.6 Å². The first-order chi connectivity index (χ1) is 20.8. The molecule has 0 heterocycles. The highest BCUT2D eigenvalue weighted by Gasteiger charge is 2.07. The van der Waals surface area contributed by atoms with Crippen LogP contribution in [0, 0.1) is 0 Å². The number of aliphatic hydroxyl groups excluding tert-OH is 1. The summed E-state index contributed by atoms with van der Waals surface area (Å²) in [6, 6.07) is 0. The number of aliphatic hydroxyl groups is 1. The molecule has 0 aromatic carbocycles. The van der Waals surface area contributed by atoms with E-state index in [1.165, 1.54) is 128 Å². The second-order valence-electron chi connectivity index (χ2n) is 11.9. The Labute approximate surface area is 263 Å². The second-order valence-corrected chi connectivity index (χ2v) is 11.9. The van der Waals surface area contributed by atoms with E-state index in [4.69, 9.17) is 9.47 Å². The fourth-order valence-electron chi connectivity index (χ4n) is 4.90. The number of rotatable bonds is 34. The van der Waals surface area contributed by atoms with Gasteiger partial charge in [0.15, 0.2) is 0 Å². The van der Waals surface area contributed by atoms with Gasteiger partial charge in [-0.15, -0.1) is 0 Å². The van der Waals surface area contributed by atoms with Gasteiger partial charge in [0.25, 0.3) is 0 Å². The van der Waals surface area contributed by atoms with E-state index < -0.39 is 0 Å². The third-order valence-corrected chi connectivity index (χ3v) is 7.70. The third-order valence-electron chi connectivity index (χ3n) is 7.70. The topological polar surface area (TPSA) is 38.7 Å². The Kier molecular flexibility index (Phi) is 36.8. The number of hydrogen-bond donors (Lipinski definition) is 1. The van der Waals surface area contributed by atoms with Crippen molar-refractivity contribution in [1.29, 1.82) is 0 Å². The second kappa shape index (κ2) is 37.9.